The fourth-order valence-corrected chi connectivity index (χ4v) is 1.85. The van der Waals surface area contributed by atoms with Crippen LogP contribution in [0.15, 0.2) is 24.3 Å². The maximum absolute atomic E-state index is 5.97. The first-order chi connectivity index (χ1) is 7.63. The van der Waals surface area contributed by atoms with Crippen molar-refractivity contribution in [2.75, 3.05) is 20.3 Å². The van der Waals surface area contributed by atoms with Crippen LogP contribution in [0.1, 0.15) is 19.4 Å². The number of fused-ring (bicyclic) bond motifs is 1. The minimum atomic E-state index is -0.313. The molecule has 0 N–H and O–H groups in total. The van der Waals surface area contributed by atoms with Gasteiger partial charge in [0.2, 0.25) is 0 Å². The number of methoxy groups -OCH3 is 1. The number of para-hydroxylation sites is 1. The van der Waals surface area contributed by atoms with Crippen molar-refractivity contribution in [3.63, 3.8) is 0 Å². The Kier molecular flexibility index (Phi) is 2.97. The van der Waals surface area contributed by atoms with E-state index < -0.39 is 0 Å². The Labute approximate surface area is 96.3 Å². The smallest absolute Gasteiger partial charge is 0.300 e. The molecule has 86 valence electrons. The zero-order valence-electron chi connectivity index (χ0n) is 10.1. The predicted molar refractivity (Wildman–Crippen MR) is 63.3 cm³/mol. The lowest BCUT2D eigenvalue weighted by Gasteiger charge is -2.28. The molecule has 1 aliphatic heterocycles. The molecule has 16 heavy (non-hydrogen) atoms. The first kappa shape index (κ1) is 11.1. The van der Waals surface area contributed by atoms with Crippen molar-refractivity contribution in [1.82, 2.24) is 0 Å². The molecular weight excluding hydrogens is 202 g/mol. The van der Waals surface area contributed by atoms with Crippen LogP contribution in [0.25, 0.3) is 0 Å². The first-order valence-electron chi connectivity index (χ1n) is 5.52. The quantitative estimate of drug-likeness (QED) is 0.725. The van der Waals surface area contributed by atoms with Crippen molar-refractivity contribution in [2.24, 2.45) is 0 Å². The van der Waals surface area contributed by atoms with E-state index in [0.717, 1.165) is 17.9 Å². The molecule has 0 spiro atoms. The normalized spacial score (nSPS) is 17.3. The van der Waals surface area contributed by atoms with Crippen molar-refractivity contribution in [2.45, 2.75) is 19.6 Å². The van der Waals surface area contributed by atoms with Crippen molar-refractivity contribution in [3.8, 4) is 5.75 Å². The molecule has 0 saturated heterocycles. The average Bonchev–Trinajstić information content (AvgIpc) is 2.25. The summed E-state index contributed by atoms with van der Waals surface area (Å²) in [5.74, 6) is 0.946. The van der Waals surface area contributed by atoms with Crippen LogP contribution in [0.5, 0.6) is 5.75 Å². The summed E-state index contributed by atoms with van der Waals surface area (Å²) in [7, 11) is 1.71. The van der Waals surface area contributed by atoms with E-state index in [9.17, 15) is 0 Å². The standard InChI is InChI=1S/C13H18NO2/c1-13(2)14(8-9-15-3)10-11-6-4-5-7-12(11)16-13/h4-7,10H,8-9H2,1-3H3/q+1. The fourth-order valence-electron chi connectivity index (χ4n) is 1.85. The Morgan fingerprint density at radius 3 is 2.81 bits per heavy atom. The van der Waals surface area contributed by atoms with E-state index in [2.05, 4.69) is 30.7 Å². The molecule has 1 aromatic carbocycles. The molecule has 0 atom stereocenters. The van der Waals surface area contributed by atoms with Gasteiger partial charge in [0.1, 0.15) is 12.4 Å². The number of rotatable bonds is 3. The second-order valence-electron chi connectivity index (χ2n) is 4.40. The summed E-state index contributed by atoms with van der Waals surface area (Å²) in [6, 6.07) is 8.07. The zero-order valence-corrected chi connectivity index (χ0v) is 10.1. The van der Waals surface area contributed by atoms with Crippen LogP contribution < -0.4 is 4.74 Å². The van der Waals surface area contributed by atoms with E-state index in [0.29, 0.717) is 6.61 Å². The second-order valence-corrected chi connectivity index (χ2v) is 4.40. The van der Waals surface area contributed by atoms with Gasteiger partial charge in [0.05, 0.1) is 5.56 Å². The maximum Gasteiger partial charge on any atom is 0.300 e. The summed E-state index contributed by atoms with van der Waals surface area (Å²) in [5.41, 5.74) is 0.810. The summed E-state index contributed by atoms with van der Waals surface area (Å²) in [4.78, 5) is 0. The summed E-state index contributed by atoms with van der Waals surface area (Å²) < 4.78 is 13.2. The fraction of sp³-hybridized carbons (Fsp3) is 0.462. The lowest BCUT2D eigenvalue weighted by Crippen LogP contribution is -2.46. The molecule has 1 aromatic rings. The minimum Gasteiger partial charge on any atom is -0.431 e. The molecule has 3 heteroatoms. The van der Waals surface area contributed by atoms with Gasteiger partial charge in [-0.2, -0.15) is 4.58 Å². The Balaban J connectivity index is 2.32. The monoisotopic (exact) mass is 220 g/mol. The summed E-state index contributed by atoms with van der Waals surface area (Å²) >= 11 is 0. The van der Waals surface area contributed by atoms with E-state index in [1.807, 2.05) is 18.2 Å². The lowest BCUT2D eigenvalue weighted by atomic mass is 10.1. The van der Waals surface area contributed by atoms with Gasteiger partial charge in [0.25, 0.3) is 0 Å². The highest BCUT2D eigenvalue weighted by Crippen LogP contribution is 2.26. The first-order valence-corrected chi connectivity index (χ1v) is 5.52. The van der Waals surface area contributed by atoms with Crippen LogP contribution in [-0.4, -0.2) is 36.8 Å². The highest BCUT2D eigenvalue weighted by Gasteiger charge is 2.36. The third-order valence-corrected chi connectivity index (χ3v) is 2.80. The largest absolute Gasteiger partial charge is 0.431 e. The molecule has 0 unspecified atom stereocenters. The van der Waals surface area contributed by atoms with E-state index in [4.69, 9.17) is 9.47 Å². The SMILES string of the molecule is COCC[N+]1=Cc2ccccc2OC1(C)C. The van der Waals surface area contributed by atoms with Crippen molar-refractivity contribution >= 4 is 6.21 Å². The van der Waals surface area contributed by atoms with Crippen LogP contribution in [0.3, 0.4) is 0 Å². The molecule has 0 bridgehead atoms. The summed E-state index contributed by atoms with van der Waals surface area (Å²) in [6.07, 6.45) is 2.14. The minimum absolute atomic E-state index is 0.313. The van der Waals surface area contributed by atoms with E-state index in [1.165, 1.54) is 0 Å². The van der Waals surface area contributed by atoms with Crippen LogP contribution >= 0.6 is 0 Å². The van der Waals surface area contributed by atoms with Crippen molar-refractivity contribution in [1.29, 1.82) is 0 Å². The molecule has 0 amide bonds. The van der Waals surface area contributed by atoms with Gasteiger partial charge in [-0.15, -0.1) is 0 Å². The van der Waals surface area contributed by atoms with Gasteiger partial charge in [-0.25, -0.2) is 0 Å². The van der Waals surface area contributed by atoms with Gasteiger partial charge >= 0.3 is 5.72 Å². The number of ether oxygens (including phenoxy) is 2. The highest BCUT2D eigenvalue weighted by molar-refractivity contribution is 5.80. The van der Waals surface area contributed by atoms with Crippen LogP contribution in [-0.2, 0) is 4.74 Å². The molecule has 2 rings (SSSR count). The third kappa shape index (κ3) is 2.09. The van der Waals surface area contributed by atoms with Gasteiger partial charge < -0.3 is 9.47 Å². The van der Waals surface area contributed by atoms with Crippen LogP contribution in [0.2, 0.25) is 0 Å². The van der Waals surface area contributed by atoms with Crippen molar-refractivity contribution in [3.05, 3.63) is 29.8 Å². The number of nitrogens with zero attached hydrogens (tertiary/aromatic N) is 1. The lowest BCUT2D eigenvalue weighted by molar-refractivity contribution is -0.641. The number of hydrogen-bond donors (Lipinski definition) is 0. The Morgan fingerprint density at radius 1 is 1.31 bits per heavy atom. The molecule has 1 heterocycles. The van der Waals surface area contributed by atoms with Crippen molar-refractivity contribution < 1.29 is 14.0 Å². The van der Waals surface area contributed by atoms with Gasteiger partial charge in [0.15, 0.2) is 12.8 Å². The average molecular weight is 220 g/mol. The number of benzene rings is 1. The van der Waals surface area contributed by atoms with Crippen LogP contribution in [0, 0.1) is 0 Å². The maximum atomic E-state index is 5.97. The van der Waals surface area contributed by atoms with E-state index in [-0.39, 0.29) is 5.72 Å². The van der Waals surface area contributed by atoms with E-state index >= 15 is 0 Å². The molecular formula is C13H18NO2+. The second kappa shape index (κ2) is 4.26. The summed E-state index contributed by atoms with van der Waals surface area (Å²) in [6.45, 7) is 5.66. The van der Waals surface area contributed by atoms with Gasteiger partial charge in [0, 0.05) is 21.0 Å². The highest BCUT2D eigenvalue weighted by atomic mass is 16.5. The zero-order chi connectivity index (χ0) is 11.6. The van der Waals surface area contributed by atoms with Gasteiger partial charge in [-0.05, 0) is 12.1 Å². The van der Waals surface area contributed by atoms with Gasteiger partial charge in [-0.3, -0.25) is 0 Å². The van der Waals surface area contributed by atoms with Gasteiger partial charge in [-0.1, -0.05) is 12.1 Å². The Bertz CT molecular complexity index is 410. The third-order valence-electron chi connectivity index (χ3n) is 2.80. The Morgan fingerprint density at radius 2 is 2.06 bits per heavy atom. The molecule has 0 aromatic heterocycles. The molecule has 0 fully saturated rings. The van der Waals surface area contributed by atoms with Crippen LogP contribution in [0.4, 0.5) is 0 Å². The Hall–Kier alpha value is -1.35. The molecule has 3 nitrogen and oxygen atoms in total. The van der Waals surface area contributed by atoms with E-state index in [1.54, 1.807) is 7.11 Å². The molecule has 0 radical (unpaired) electrons. The molecule has 0 aliphatic carbocycles. The number of hydrogen-bond acceptors (Lipinski definition) is 2. The summed E-state index contributed by atoms with van der Waals surface area (Å²) in [5, 5.41) is 0. The molecule has 0 saturated carbocycles. The molecule has 1 aliphatic rings. The topological polar surface area (TPSA) is 21.5 Å². The predicted octanol–water partition coefficient (Wildman–Crippen LogP) is 1.89.